The lowest BCUT2D eigenvalue weighted by molar-refractivity contribution is -0.142. The van der Waals surface area contributed by atoms with Crippen LogP contribution in [0, 0.1) is 6.92 Å². The van der Waals surface area contributed by atoms with Gasteiger partial charge < -0.3 is 15.0 Å². The fraction of sp³-hybridized carbons (Fsp3) is 0.333. The molecule has 37 heavy (non-hydrogen) atoms. The van der Waals surface area contributed by atoms with Crippen molar-refractivity contribution in [2.24, 2.45) is 0 Å². The van der Waals surface area contributed by atoms with Crippen molar-refractivity contribution in [3.63, 3.8) is 0 Å². The second-order valence-corrected chi connectivity index (χ2v) is 10.5. The van der Waals surface area contributed by atoms with Gasteiger partial charge in [0.25, 0.3) is 0 Å². The minimum atomic E-state index is -0.833. The molecule has 1 saturated heterocycles. The van der Waals surface area contributed by atoms with E-state index in [0.29, 0.717) is 23.7 Å². The van der Waals surface area contributed by atoms with E-state index in [1.165, 1.54) is 11.3 Å². The highest BCUT2D eigenvalue weighted by Crippen LogP contribution is 2.32. The van der Waals surface area contributed by atoms with E-state index in [-0.39, 0.29) is 31.0 Å². The topological polar surface area (TPSA) is 89.4 Å². The molecule has 0 saturated carbocycles. The van der Waals surface area contributed by atoms with Crippen molar-refractivity contribution >= 4 is 45.8 Å². The molecule has 192 valence electrons. The van der Waals surface area contributed by atoms with Crippen molar-refractivity contribution < 1.29 is 14.3 Å². The normalized spacial score (nSPS) is 16.1. The maximum absolute atomic E-state index is 14.0. The van der Waals surface area contributed by atoms with Crippen LogP contribution < -0.4 is 5.32 Å². The number of ether oxygens (including phenoxy) is 1. The molecular formula is C27H28ClN5O3S. The van der Waals surface area contributed by atoms with Gasteiger partial charge in [-0.05, 0) is 60.5 Å². The summed E-state index contributed by atoms with van der Waals surface area (Å²) in [6, 6.07) is 16.0. The van der Waals surface area contributed by atoms with Crippen LogP contribution in [0.5, 0.6) is 0 Å². The number of para-hydroxylation sites is 1. The summed E-state index contributed by atoms with van der Waals surface area (Å²) >= 11 is 7.96. The lowest BCUT2D eigenvalue weighted by Gasteiger charge is -2.32. The lowest BCUT2D eigenvalue weighted by Crippen LogP contribution is -2.46. The van der Waals surface area contributed by atoms with Crippen LogP contribution in [-0.4, -0.2) is 51.0 Å². The molecule has 2 aromatic heterocycles. The Morgan fingerprint density at radius 2 is 2.03 bits per heavy atom. The Bertz CT molecular complexity index is 1400. The molecule has 1 fully saturated rings. The largest absolute Gasteiger partial charge is 0.376 e. The molecule has 1 N–H and O–H groups in total. The number of nitrogens with one attached hydrogen (secondary N) is 1. The van der Waals surface area contributed by atoms with Gasteiger partial charge in [-0.1, -0.05) is 47.1 Å². The minimum absolute atomic E-state index is 0.0109. The highest BCUT2D eigenvalue weighted by atomic mass is 35.5. The maximum atomic E-state index is 14.0. The van der Waals surface area contributed by atoms with Gasteiger partial charge in [-0.2, -0.15) is 0 Å². The number of thiophene rings is 1. The summed E-state index contributed by atoms with van der Waals surface area (Å²) in [6.07, 6.45) is 1.88. The van der Waals surface area contributed by atoms with Gasteiger partial charge in [0.1, 0.15) is 18.1 Å². The summed E-state index contributed by atoms with van der Waals surface area (Å²) in [5, 5.41) is 13.9. The van der Waals surface area contributed by atoms with E-state index >= 15 is 0 Å². The minimum Gasteiger partial charge on any atom is -0.376 e. The molecule has 0 unspecified atom stereocenters. The van der Waals surface area contributed by atoms with Crippen molar-refractivity contribution in [3.8, 4) is 0 Å². The predicted molar refractivity (Wildman–Crippen MR) is 143 cm³/mol. The van der Waals surface area contributed by atoms with Crippen molar-refractivity contribution in [1.29, 1.82) is 0 Å². The number of fused-ring (bicyclic) bond motifs is 1. The van der Waals surface area contributed by atoms with Gasteiger partial charge in [0, 0.05) is 29.6 Å². The summed E-state index contributed by atoms with van der Waals surface area (Å²) in [7, 11) is 0. The van der Waals surface area contributed by atoms with E-state index in [1.807, 2.05) is 60.8 Å². The number of amides is 2. The van der Waals surface area contributed by atoms with Crippen LogP contribution in [0.15, 0.2) is 60.0 Å². The van der Waals surface area contributed by atoms with E-state index in [1.54, 1.807) is 15.6 Å². The lowest BCUT2D eigenvalue weighted by atomic mass is 10.1. The fourth-order valence-electron chi connectivity index (χ4n) is 4.57. The number of carbonyl (C=O) groups excluding carboxylic acids is 2. The summed E-state index contributed by atoms with van der Waals surface area (Å²) in [5.41, 5.74) is 3.16. The first-order chi connectivity index (χ1) is 18.0. The third-order valence-corrected chi connectivity index (χ3v) is 8.00. The van der Waals surface area contributed by atoms with Crippen molar-refractivity contribution in [2.45, 2.75) is 45.0 Å². The molecule has 0 bridgehead atoms. The number of nitrogens with zero attached hydrogens (tertiary/aromatic N) is 4. The fourth-order valence-corrected chi connectivity index (χ4v) is 5.80. The maximum Gasteiger partial charge on any atom is 0.248 e. The highest BCUT2D eigenvalue weighted by Gasteiger charge is 2.34. The van der Waals surface area contributed by atoms with E-state index < -0.39 is 6.04 Å². The Labute approximate surface area is 224 Å². The molecule has 2 aromatic carbocycles. The second-order valence-electron chi connectivity index (χ2n) is 9.10. The van der Waals surface area contributed by atoms with Crippen LogP contribution in [0.25, 0.3) is 11.0 Å². The number of benzene rings is 2. The van der Waals surface area contributed by atoms with E-state index in [4.69, 9.17) is 16.3 Å². The number of hydrogen-bond acceptors (Lipinski definition) is 6. The third-order valence-electron chi connectivity index (χ3n) is 6.56. The molecule has 1 aliphatic heterocycles. The van der Waals surface area contributed by atoms with Gasteiger partial charge in [0.05, 0.1) is 11.6 Å². The number of rotatable bonds is 9. The average molecular weight is 538 g/mol. The highest BCUT2D eigenvalue weighted by molar-refractivity contribution is 7.10. The Kier molecular flexibility index (Phi) is 7.83. The molecule has 5 rings (SSSR count). The van der Waals surface area contributed by atoms with Crippen LogP contribution in [0.2, 0.25) is 5.02 Å². The monoisotopic (exact) mass is 537 g/mol. The van der Waals surface area contributed by atoms with E-state index in [9.17, 15) is 9.59 Å². The quantitative estimate of drug-likeness (QED) is 0.339. The van der Waals surface area contributed by atoms with Crippen LogP contribution in [0.3, 0.4) is 0 Å². The molecule has 3 heterocycles. The Morgan fingerprint density at radius 3 is 2.78 bits per heavy atom. The molecule has 8 nitrogen and oxygen atoms in total. The molecule has 0 radical (unpaired) electrons. The van der Waals surface area contributed by atoms with Crippen LogP contribution in [0.4, 0.5) is 0 Å². The Morgan fingerprint density at radius 1 is 1.22 bits per heavy atom. The number of halogens is 1. The van der Waals surface area contributed by atoms with E-state index in [0.717, 1.165) is 34.4 Å². The molecule has 2 atom stereocenters. The number of carbonyl (C=O) groups is 2. The number of hydrogen-bond donors (Lipinski definition) is 1. The zero-order valence-electron chi connectivity index (χ0n) is 20.5. The van der Waals surface area contributed by atoms with Gasteiger partial charge in [-0.15, -0.1) is 16.4 Å². The first kappa shape index (κ1) is 25.4. The standard InChI is InChI=1S/C27H28ClN5O3S/c1-18-12-14-37-26(18)25(27(35)29-15-20-8-6-13-36-20)32(16-19-7-2-3-9-21(19)28)24(34)17-33-23-11-5-4-10-22(23)30-31-33/h2-5,7,9-12,14,20,25H,6,8,13,15-17H2,1H3,(H,29,35)/t20-,25-/m1/s1. The van der Waals surface area contributed by atoms with Gasteiger partial charge in [-0.3, -0.25) is 9.59 Å². The summed E-state index contributed by atoms with van der Waals surface area (Å²) in [6.45, 7) is 3.17. The molecule has 0 spiro atoms. The van der Waals surface area contributed by atoms with Crippen LogP contribution >= 0.6 is 22.9 Å². The first-order valence-corrected chi connectivity index (χ1v) is 13.5. The summed E-state index contributed by atoms with van der Waals surface area (Å²) < 4.78 is 7.27. The summed E-state index contributed by atoms with van der Waals surface area (Å²) in [4.78, 5) is 30.2. The van der Waals surface area contributed by atoms with Crippen LogP contribution in [0.1, 0.15) is 34.9 Å². The SMILES string of the molecule is Cc1ccsc1[C@H](C(=O)NC[C@H]1CCCO1)N(Cc1ccccc1Cl)C(=O)Cn1nnc2ccccc21. The summed E-state index contributed by atoms with van der Waals surface area (Å²) in [5.74, 6) is -0.509. The molecule has 10 heteroatoms. The van der Waals surface area contributed by atoms with Gasteiger partial charge in [0.2, 0.25) is 11.8 Å². The zero-order chi connectivity index (χ0) is 25.8. The number of aryl methyl sites for hydroxylation is 1. The Balaban J connectivity index is 1.50. The van der Waals surface area contributed by atoms with Gasteiger partial charge in [-0.25, -0.2) is 4.68 Å². The van der Waals surface area contributed by atoms with E-state index in [2.05, 4.69) is 15.6 Å². The molecule has 1 aliphatic rings. The van der Waals surface area contributed by atoms with Gasteiger partial charge in [0.15, 0.2) is 0 Å². The average Bonchev–Trinajstić information content (AvgIpc) is 3.66. The molecule has 2 amide bonds. The smallest absolute Gasteiger partial charge is 0.248 e. The predicted octanol–water partition coefficient (Wildman–Crippen LogP) is 4.52. The van der Waals surface area contributed by atoms with Crippen molar-refractivity contribution in [3.05, 3.63) is 81.0 Å². The molecule has 0 aliphatic carbocycles. The van der Waals surface area contributed by atoms with Gasteiger partial charge >= 0.3 is 0 Å². The zero-order valence-corrected chi connectivity index (χ0v) is 22.0. The van der Waals surface area contributed by atoms with Crippen molar-refractivity contribution in [2.75, 3.05) is 13.2 Å². The molecular weight excluding hydrogens is 510 g/mol. The van der Waals surface area contributed by atoms with Crippen LogP contribution in [-0.2, 0) is 27.4 Å². The third kappa shape index (κ3) is 5.69. The van der Waals surface area contributed by atoms with Crippen molar-refractivity contribution in [1.82, 2.24) is 25.2 Å². The second kappa shape index (κ2) is 11.4. The first-order valence-electron chi connectivity index (χ1n) is 12.3. The molecule has 4 aromatic rings. The Hall–Kier alpha value is -3.27. The number of aromatic nitrogens is 3.